The lowest BCUT2D eigenvalue weighted by molar-refractivity contribution is -0.130. The molecule has 0 bridgehead atoms. The van der Waals surface area contributed by atoms with Gasteiger partial charge < -0.3 is 9.64 Å². The summed E-state index contributed by atoms with van der Waals surface area (Å²) in [6.07, 6.45) is 6.09. The lowest BCUT2D eigenvalue weighted by Gasteiger charge is -2.17. The lowest BCUT2D eigenvalue weighted by atomic mass is 10.2. The Labute approximate surface area is 139 Å². The van der Waals surface area contributed by atoms with Crippen LogP contribution in [0.3, 0.4) is 0 Å². The molecule has 3 nitrogen and oxygen atoms in total. The molecule has 0 saturated carbocycles. The van der Waals surface area contributed by atoms with E-state index in [-0.39, 0.29) is 5.91 Å². The number of unbranched alkanes of at least 4 members (excludes halogenated alkanes) is 3. The van der Waals surface area contributed by atoms with Gasteiger partial charge in [0.1, 0.15) is 5.75 Å². The molecule has 0 aliphatic carbocycles. The zero-order valence-corrected chi connectivity index (χ0v) is 14.6. The summed E-state index contributed by atoms with van der Waals surface area (Å²) in [6, 6.07) is 8.00. The first-order valence-electron chi connectivity index (χ1n) is 8.19. The SMILES string of the molecule is CCCCCCOc1ccc(CN(C)C(=O)CCCCl)cc1. The molecule has 0 radical (unpaired) electrons. The molecule has 4 heteroatoms. The van der Waals surface area contributed by atoms with Crippen molar-refractivity contribution in [3.05, 3.63) is 29.8 Å². The predicted octanol–water partition coefficient (Wildman–Crippen LogP) is 4.62. The van der Waals surface area contributed by atoms with E-state index in [1.54, 1.807) is 4.90 Å². The Bertz CT molecular complexity index is 420. The van der Waals surface area contributed by atoms with Crippen molar-refractivity contribution in [1.82, 2.24) is 4.90 Å². The maximum atomic E-state index is 11.8. The van der Waals surface area contributed by atoms with Gasteiger partial charge in [-0.1, -0.05) is 38.3 Å². The molecule has 1 aromatic rings. The van der Waals surface area contributed by atoms with Crippen LogP contribution < -0.4 is 4.74 Å². The van der Waals surface area contributed by atoms with Crippen molar-refractivity contribution >= 4 is 17.5 Å². The number of halogens is 1. The average molecular weight is 326 g/mol. The fraction of sp³-hybridized carbons (Fsp3) is 0.611. The van der Waals surface area contributed by atoms with Crippen LogP contribution in [-0.4, -0.2) is 30.3 Å². The van der Waals surface area contributed by atoms with E-state index >= 15 is 0 Å². The molecule has 0 atom stereocenters. The minimum atomic E-state index is 0.136. The van der Waals surface area contributed by atoms with E-state index in [9.17, 15) is 4.79 Å². The first-order chi connectivity index (χ1) is 10.7. The highest BCUT2D eigenvalue weighted by atomic mass is 35.5. The van der Waals surface area contributed by atoms with Crippen molar-refractivity contribution in [2.45, 2.75) is 52.0 Å². The van der Waals surface area contributed by atoms with Crippen molar-refractivity contribution in [1.29, 1.82) is 0 Å². The zero-order valence-electron chi connectivity index (χ0n) is 13.8. The number of hydrogen-bond acceptors (Lipinski definition) is 2. The number of carbonyl (C=O) groups excluding carboxylic acids is 1. The molecule has 22 heavy (non-hydrogen) atoms. The van der Waals surface area contributed by atoms with Gasteiger partial charge in [0.05, 0.1) is 6.61 Å². The van der Waals surface area contributed by atoms with E-state index < -0.39 is 0 Å². The number of ether oxygens (including phenoxy) is 1. The summed E-state index contributed by atoms with van der Waals surface area (Å²) in [5.74, 6) is 1.57. The fourth-order valence-electron chi connectivity index (χ4n) is 2.18. The topological polar surface area (TPSA) is 29.5 Å². The monoisotopic (exact) mass is 325 g/mol. The lowest BCUT2D eigenvalue weighted by Crippen LogP contribution is -2.25. The molecule has 0 heterocycles. The summed E-state index contributed by atoms with van der Waals surface area (Å²) in [5, 5.41) is 0. The van der Waals surface area contributed by atoms with Gasteiger partial charge in [-0.05, 0) is 30.5 Å². The number of nitrogens with zero attached hydrogens (tertiary/aromatic N) is 1. The second-order valence-electron chi connectivity index (χ2n) is 5.60. The third-order valence-electron chi connectivity index (χ3n) is 3.56. The number of amides is 1. The van der Waals surface area contributed by atoms with Crippen molar-refractivity contribution < 1.29 is 9.53 Å². The van der Waals surface area contributed by atoms with Crippen molar-refractivity contribution in [2.75, 3.05) is 19.5 Å². The summed E-state index contributed by atoms with van der Waals surface area (Å²) in [4.78, 5) is 13.6. The van der Waals surface area contributed by atoms with Gasteiger partial charge in [-0.2, -0.15) is 0 Å². The predicted molar refractivity (Wildman–Crippen MR) is 92.5 cm³/mol. The smallest absolute Gasteiger partial charge is 0.222 e. The number of alkyl halides is 1. The molecule has 0 saturated heterocycles. The van der Waals surface area contributed by atoms with E-state index in [0.29, 0.717) is 18.8 Å². The van der Waals surface area contributed by atoms with Crippen molar-refractivity contribution in [3.63, 3.8) is 0 Å². The largest absolute Gasteiger partial charge is 0.494 e. The minimum Gasteiger partial charge on any atom is -0.494 e. The van der Waals surface area contributed by atoms with E-state index in [1.165, 1.54) is 19.3 Å². The van der Waals surface area contributed by atoms with Crippen LogP contribution in [0.25, 0.3) is 0 Å². The van der Waals surface area contributed by atoms with Gasteiger partial charge in [0.15, 0.2) is 0 Å². The van der Waals surface area contributed by atoms with Crippen LogP contribution in [0.2, 0.25) is 0 Å². The Morgan fingerprint density at radius 1 is 1.14 bits per heavy atom. The molecule has 1 amide bonds. The van der Waals surface area contributed by atoms with Gasteiger partial charge >= 0.3 is 0 Å². The van der Waals surface area contributed by atoms with Crippen molar-refractivity contribution in [2.24, 2.45) is 0 Å². The summed E-state index contributed by atoms with van der Waals surface area (Å²) < 4.78 is 5.72. The minimum absolute atomic E-state index is 0.136. The van der Waals surface area contributed by atoms with Crippen LogP contribution in [0.15, 0.2) is 24.3 Å². The van der Waals surface area contributed by atoms with Gasteiger partial charge in [-0.3, -0.25) is 4.79 Å². The molecule has 0 unspecified atom stereocenters. The molecule has 1 rings (SSSR count). The number of benzene rings is 1. The molecular formula is C18H28ClNO2. The Morgan fingerprint density at radius 2 is 1.86 bits per heavy atom. The Morgan fingerprint density at radius 3 is 2.50 bits per heavy atom. The molecular weight excluding hydrogens is 298 g/mol. The van der Waals surface area contributed by atoms with E-state index in [2.05, 4.69) is 6.92 Å². The van der Waals surface area contributed by atoms with Crippen LogP contribution >= 0.6 is 11.6 Å². The van der Waals surface area contributed by atoms with Gasteiger partial charge in [0.2, 0.25) is 5.91 Å². The second kappa shape index (κ2) is 11.4. The van der Waals surface area contributed by atoms with Gasteiger partial charge in [-0.15, -0.1) is 11.6 Å². The average Bonchev–Trinajstić information content (AvgIpc) is 2.53. The summed E-state index contributed by atoms with van der Waals surface area (Å²) in [5.41, 5.74) is 1.11. The second-order valence-corrected chi connectivity index (χ2v) is 5.97. The van der Waals surface area contributed by atoms with Gasteiger partial charge in [0.25, 0.3) is 0 Å². The molecule has 0 aliphatic rings. The molecule has 0 aromatic heterocycles. The maximum Gasteiger partial charge on any atom is 0.222 e. The number of hydrogen-bond donors (Lipinski definition) is 0. The Balaban J connectivity index is 2.33. The number of carbonyl (C=O) groups is 1. The summed E-state index contributed by atoms with van der Waals surface area (Å²) in [6.45, 7) is 3.60. The highest BCUT2D eigenvalue weighted by Gasteiger charge is 2.08. The quantitative estimate of drug-likeness (QED) is 0.439. The van der Waals surface area contributed by atoms with E-state index in [1.807, 2.05) is 31.3 Å². The standard InChI is InChI=1S/C18H28ClNO2/c1-3-4-5-6-14-22-17-11-9-16(10-12-17)15-20(2)18(21)8-7-13-19/h9-12H,3-8,13-15H2,1-2H3. The molecule has 0 N–H and O–H groups in total. The van der Waals surface area contributed by atoms with E-state index in [4.69, 9.17) is 16.3 Å². The normalized spacial score (nSPS) is 10.5. The molecule has 0 fully saturated rings. The molecule has 124 valence electrons. The highest BCUT2D eigenvalue weighted by Crippen LogP contribution is 2.14. The highest BCUT2D eigenvalue weighted by molar-refractivity contribution is 6.17. The van der Waals surface area contributed by atoms with Crippen LogP contribution in [-0.2, 0) is 11.3 Å². The van der Waals surface area contributed by atoms with Gasteiger partial charge in [0, 0.05) is 25.9 Å². The van der Waals surface area contributed by atoms with E-state index in [0.717, 1.165) is 30.8 Å². The molecule has 1 aromatic carbocycles. The fourth-order valence-corrected chi connectivity index (χ4v) is 2.31. The molecule has 0 spiro atoms. The van der Waals surface area contributed by atoms with Crippen LogP contribution in [0.4, 0.5) is 0 Å². The zero-order chi connectivity index (χ0) is 16.2. The first-order valence-corrected chi connectivity index (χ1v) is 8.72. The summed E-state index contributed by atoms with van der Waals surface area (Å²) in [7, 11) is 1.83. The van der Waals surface area contributed by atoms with Crippen LogP contribution in [0.1, 0.15) is 51.0 Å². The van der Waals surface area contributed by atoms with Crippen LogP contribution in [0.5, 0.6) is 5.75 Å². The van der Waals surface area contributed by atoms with Crippen molar-refractivity contribution in [3.8, 4) is 5.75 Å². The van der Waals surface area contributed by atoms with Gasteiger partial charge in [-0.25, -0.2) is 0 Å². The number of rotatable bonds is 11. The van der Waals surface area contributed by atoms with Crippen LogP contribution in [0, 0.1) is 0 Å². The summed E-state index contributed by atoms with van der Waals surface area (Å²) >= 11 is 5.61. The third-order valence-corrected chi connectivity index (χ3v) is 3.83. The third kappa shape index (κ3) is 7.69. The Kier molecular flexibility index (Phi) is 9.72. The maximum absolute atomic E-state index is 11.8. The molecule has 0 aliphatic heterocycles. The first kappa shape index (κ1) is 18.8. The Hall–Kier alpha value is -1.22.